The Labute approximate surface area is 289 Å². The third-order valence-electron chi connectivity index (χ3n) is 7.58. The van der Waals surface area contributed by atoms with Gasteiger partial charge in [-0.15, -0.1) is 0 Å². The van der Waals surface area contributed by atoms with Crippen molar-refractivity contribution in [2.75, 3.05) is 29.9 Å². The fourth-order valence-electron chi connectivity index (χ4n) is 5.28. The molecule has 0 spiro atoms. The summed E-state index contributed by atoms with van der Waals surface area (Å²) in [5.41, 5.74) is 4.04. The number of hydrogen-bond donors (Lipinski definition) is 6. The van der Waals surface area contributed by atoms with Crippen LogP contribution in [0.25, 0.3) is 0 Å². The first kappa shape index (κ1) is 38.0. The number of nitrogens with two attached hydrogens (primary N) is 1. The highest BCUT2D eigenvalue weighted by Crippen LogP contribution is 2.40. The summed E-state index contributed by atoms with van der Waals surface area (Å²) >= 11 is 0. The number of anilines is 3. The number of aliphatic carboxylic acids is 1. The smallest absolute Gasteiger partial charge is 0.408 e. The molecule has 0 saturated carbocycles. The summed E-state index contributed by atoms with van der Waals surface area (Å²) < 4.78 is 65.7. The van der Waals surface area contributed by atoms with Crippen LogP contribution < -0.4 is 21.7 Å². The lowest BCUT2D eigenvalue weighted by Crippen LogP contribution is -2.43. The SMILES string of the molecule is CC(C)(C)OC(=O)N[C@@H](CCCCNCCS(=O)(=O)c1cccc(Nc2cc(S(=O)(=O)O)c(N)c3c2C(=O)c2ccccc2C3=O)c1)C(=O)O. The molecule has 0 heterocycles. The first-order chi connectivity index (χ1) is 23.3. The highest BCUT2D eigenvalue weighted by atomic mass is 32.2. The van der Waals surface area contributed by atoms with Gasteiger partial charge in [0.05, 0.1) is 33.2 Å². The van der Waals surface area contributed by atoms with E-state index in [0.717, 1.165) is 6.07 Å². The van der Waals surface area contributed by atoms with Gasteiger partial charge in [0.25, 0.3) is 10.1 Å². The topological polar surface area (TPSA) is 248 Å². The molecule has 0 aromatic heterocycles. The van der Waals surface area contributed by atoms with E-state index in [4.69, 9.17) is 10.5 Å². The molecule has 0 radical (unpaired) electrons. The number of carbonyl (C=O) groups excluding carboxylic acids is 3. The van der Waals surface area contributed by atoms with E-state index >= 15 is 0 Å². The Balaban J connectivity index is 1.42. The third-order valence-corrected chi connectivity index (χ3v) is 10.2. The molecule has 7 N–H and O–H groups in total. The summed E-state index contributed by atoms with van der Waals surface area (Å²) in [6.45, 7) is 5.42. The highest BCUT2D eigenvalue weighted by molar-refractivity contribution is 7.91. The molecule has 17 heteroatoms. The number of sulfone groups is 1. The molecule has 0 fully saturated rings. The van der Waals surface area contributed by atoms with Crippen LogP contribution in [0, 0.1) is 0 Å². The number of ether oxygens (including phenoxy) is 1. The van der Waals surface area contributed by atoms with Crippen LogP contribution in [0.1, 0.15) is 71.9 Å². The monoisotopic (exact) mass is 730 g/mol. The summed E-state index contributed by atoms with van der Waals surface area (Å²) in [6.07, 6.45) is 0.234. The highest BCUT2D eigenvalue weighted by Gasteiger charge is 2.36. The van der Waals surface area contributed by atoms with Crippen molar-refractivity contribution in [2.24, 2.45) is 0 Å². The maximum absolute atomic E-state index is 13.6. The van der Waals surface area contributed by atoms with Gasteiger partial charge < -0.3 is 31.5 Å². The molecule has 0 saturated heterocycles. The molecule has 0 bridgehead atoms. The van der Waals surface area contributed by atoms with E-state index in [2.05, 4.69) is 16.0 Å². The second-order valence-corrected chi connectivity index (χ2v) is 16.0. The lowest BCUT2D eigenvalue weighted by Gasteiger charge is -2.23. The standard InChI is InChI=1S/C33H38N4O11S2/c1-33(2,3)48-32(42)37-23(31(40)41)13-6-7-14-35-15-16-49(43,44)20-10-8-9-19(17-20)36-24-18-25(50(45,46)47)28(34)27-26(24)29(38)21-11-4-5-12-22(21)30(27)39/h4-5,8-12,17-18,23,35-36H,6-7,13-16,34H2,1-3H3,(H,37,42)(H,40,41)(H,45,46,47)/t23-/m0/s1. The molecule has 1 aliphatic carbocycles. The minimum absolute atomic E-state index is 0.0106. The van der Waals surface area contributed by atoms with E-state index in [1.165, 1.54) is 42.5 Å². The number of alkyl carbamates (subject to hydrolysis) is 1. The molecule has 50 heavy (non-hydrogen) atoms. The van der Waals surface area contributed by atoms with Crippen LogP contribution in [-0.2, 0) is 29.5 Å². The van der Waals surface area contributed by atoms with E-state index in [1.54, 1.807) is 26.8 Å². The molecule has 0 unspecified atom stereocenters. The van der Waals surface area contributed by atoms with Gasteiger partial charge in [-0.2, -0.15) is 8.42 Å². The van der Waals surface area contributed by atoms with Crippen molar-refractivity contribution >= 4 is 60.6 Å². The summed E-state index contributed by atoms with van der Waals surface area (Å²) in [6, 6.07) is 11.2. The number of hydrogen-bond acceptors (Lipinski definition) is 12. The number of amides is 1. The average molecular weight is 731 g/mol. The Morgan fingerprint density at radius 2 is 1.54 bits per heavy atom. The molecule has 1 aliphatic rings. The van der Waals surface area contributed by atoms with Crippen molar-refractivity contribution < 1.29 is 50.4 Å². The van der Waals surface area contributed by atoms with E-state index < -0.39 is 71.4 Å². The van der Waals surface area contributed by atoms with Crippen LogP contribution in [0.15, 0.2) is 64.4 Å². The molecule has 3 aromatic rings. The van der Waals surface area contributed by atoms with Crippen LogP contribution in [0.3, 0.4) is 0 Å². The van der Waals surface area contributed by atoms with Crippen LogP contribution in [0.4, 0.5) is 21.9 Å². The Kier molecular flexibility index (Phi) is 11.4. The van der Waals surface area contributed by atoms with Crippen molar-refractivity contribution in [1.29, 1.82) is 0 Å². The van der Waals surface area contributed by atoms with Gasteiger partial charge in [-0.3, -0.25) is 14.1 Å². The molecule has 1 atom stereocenters. The van der Waals surface area contributed by atoms with Crippen LogP contribution in [0.2, 0.25) is 0 Å². The van der Waals surface area contributed by atoms with Gasteiger partial charge in [0.1, 0.15) is 16.5 Å². The van der Waals surface area contributed by atoms with E-state index in [9.17, 15) is 45.7 Å². The summed E-state index contributed by atoms with van der Waals surface area (Å²) in [7, 11) is -8.80. The largest absolute Gasteiger partial charge is 0.480 e. The summed E-state index contributed by atoms with van der Waals surface area (Å²) in [5, 5.41) is 17.6. The number of carbonyl (C=O) groups is 4. The zero-order valence-electron chi connectivity index (χ0n) is 27.5. The zero-order valence-corrected chi connectivity index (χ0v) is 29.1. The molecule has 15 nitrogen and oxygen atoms in total. The lowest BCUT2D eigenvalue weighted by atomic mass is 9.82. The van der Waals surface area contributed by atoms with E-state index in [-0.39, 0.29) is 51.7 Å². The number of carboxylic acids is 1. The second-order valence-electron chi connectivity index (χ2n) is 12.5. The Morgan fingerprint density at radius 1 is 0.900 bits per heavy atom. The van der Waals surface area contributed by atoms with E-state index in [1.807, 2.05) is 0 Å². The van der Waals surface area contributed by atoms with Gasteiger partial charge >= 0.3 is 12.1 Å². The number of unbranched alkanes of at least 4 members (excludes halogenated alkanes) is 1. The predicted octanol–water partition coefficient (Wildman–Crippen LogP) is 3.55. The van der Waals surface area contributed by atoms with E-state index in [0.29, 0.717) is 19.4 Å². The average Bonchev–Trinajstić information content (AvgIpc) is 3.01. The first-order valence-corrected chi connectivity index (χ1v) is 18.5. The fourth-order valence-corrected chi connectivity index (χ4v) is 7.17. The lowest BCUT2D eigenvalue weighted by molar-refractivity contribution is -0.139. The van der Waals surface area contributed by atoms with Crippen molar-refractivity contribution in [1.82, 2.24) is 10.6 Å². The molecular formula is C33H38N4O11S2. The summed E-state index contributed by atoms with van der Waals surface area (Å²) in [5.74, 6) is -2.85. The normalized spacial score (nSPS) is 13.6. The Bertz CT molecular complexity index is 2060. The zero-order chi connectivity index (χ0) is 37.0. The fraction of sp³-hybridized carbons (Fsp3) is 0.333. The van der Waals surface area contributed by atoms with Gasteiger partial charge in [0, 0.05) is 23.4 Å². The first-order valence-electron chi connectivity index (χ1n) is 15.5. The van der Waals surface area contributed by atoms with Crippen molar-refractivity contribution in [3.05, 3.63) is 76.9 Å². The van der Waals surface area contributed by atoms with Gasteiger partial charge in [-0.25, -0.2) is 18.0 Å². The number of fused-ring (bicyclic) bond motifs is 2. The Hall–Kier alpha value is -4.84. The van der Waals surface area contributed by atoms with Gasteiger partial charge in [0.2, 0.25) is 0 Å². The van der Waals surface area contributed by atoms with Gasteiger partial charge in [0.15, 0.2) is 21.4 Å². The molecular weight excluding hydrogens is 693 g/mol. The Morgan fingerprint density at radius 3 is 2.14 bits per heavy atom. The van der Waals surface area contributed by atoms with Crippen molar-refractivity contribution in [3.63, 3.8) is 0 Å². The predicted molar refractivity (Wildman–Crippen MR) is 183 cm³/mol. The number of nitrogen functional groups attached to an aromatic ring is 1. The second kappa shape index (κ2) is 15.0. The van der Waals surface area contributed by atoms with Gasteiger partial charge in [-0.1, -0.05) is 30.3 Å². The van der Waals surface area contributed by atoms with Crippen LogP contribution in [-0.4, -0.2) is 80.6 Å². The van der Waals surface area contributed by atoms with Gasteiger partial charge in [-0.05, 0) is 70.8 Å². The number of nitrogens with one attached hydrogen (secondary N) is 3. The molecule has 268 valence electrons. The summed E-state index contributed by atoms with van der Waals surface area (Å²) in [4.78, 5) is 49.5. The van der Waals surface area contributed by atoms with Crippen LogP contribution >= 0.6 is 0 Å². The van der Waals surface area contributed by atoms with Crippen molar-refractivity contribution in [2.45, 2.75) is 61.5 Å². The number of benzene rings is 3. The van der Waals surface area contributed by atoms with Crippen molar-refractivity contribution in [3.8, 4) is 0 Å². The quantitative estimate of drug-likeness (QED) is 0.0617. The number of rotatable bonds is 14. The maximum Gasteiger partial charge on any atom is 0.408 e. The molecule has 0 aliphatic heterocycles. The minimum Gasteiger partial charge on any atom is -0.480 e. The number of ketones is 2. The molecule has 3 aromatic carbocycles. The number of carboxylic acid groups (broad SMARTS) is 1. The molecule has 1 amide bonds. The minimum atomic E-state index is -4.95. The third kappa shape index (κ3) is 9.03. The van der Waals surface area contributed by atoms with Crippen LogP contribution in [0.5, 0.6) is 0 Å². The molecule has 4 rings (SSSR count). The maximum atomic E-state index is 13.6.